The van der Waals surface area contributed by atoms with Crippen LogP contribution < -0.4 is 4.90 Å². The maximum absolute atomic E-state index is 12.8. The Bertz CT molecular complexity index is 1090. The Kier molecular flexibility index (Phi) is 4.83. The highest BCUT2D eigenvalue weighted by molar-refractivity contribution is 7.92. The predicted molar refractivity (Wildman–Crippen MR) is 114 cm³/mol. The van der Waals surface area contributed by atoms with Crippen LogP contribution in [0.15, 0.2) is 54.6 Å². The molecule has 0 amide bonds. The monoisotopic (exact) mass is 395 g/mol. The lowest BCUT2D eigenvalue weighted by molar-refractivity contribution is 0.456. The number of aromatic nitrogens is 2. The van der Waals surface area contributed by atoms with Crippen LogP contribution in [-0.2, 0) is 9.84 Å². The van der Waals surface area contributed by atoms with Crippen LogP contribution in [0.4, 0.5) is 5.95 Å². The van der Waals surface area contributed by atoms with Gasteiger partial charge in [0.2, 0.25) is 5.95 Å². The zero-order valence-corrected chi connectivity index (χ0v) is 17.1. The molecule has 1 aliphatic heterocycles. The van der Waals surface area contributed by atoms with Gasteiger partial charge < -0.3 is 4.90 Å². The Morgan fingerprint density at radius 3 is 2.36 bits per heavy atom. The van der Waals surface area contributed by atoms with Gasteiger partial charge in [-0.1, -0.05) is 62.4 Å². The molecule has 2 aromatic carbocycles. The van der Waals surface area contributed by atoms with E-state index in [0.29, 0.717) is 31.9 Å². The van der Waals surface area contributed by atoms with Crippen molar-refractivity contribution in [2.24, 2.45) is 0 Å². The first-order valence-corrected chi connectivity index (χ1v) is 11.4. The minimum atomic E-state index is -3.13. The van der Waals surface area contributed by atoms with Crippen LogP contribution >= 0.6 is 0 Å². The molecule has 1 saturated heterocycles. The molecule has 2 heterocycles. The zero-order valence-electron chi connectivity index (χ0n) is 16.3. The van der Waals surface area contributed by atoms with E-state index in [1.165, 1.54) is 0 Å². The van der Waals surface area contributed by atoms with Gasteiger partial charge >= 0.3 is 0 Å². The Morgan fingerprint density at radius 2 is 1.64 bits per heavy atom. The number of hydrogen-bond donors (Lipinski definition) is 0. The number of rotatable bonds is 4. The topological polar surface area (TPSA) is 63.2 Å². The molecule has 4 rings (SSSR count). The summed E-state index contributed by atoms with van der Waals surface area (Å²) in [6.07, 6.45) is 1.20. The first-order chi connectivity index (χ1) is 13.5. The summed E-state index contributed by atoms with van der Waals surface area (Å²) in [6.45, 7) is 4.79. The Morgan fingerprint density at radius 1 is 0.964 bits per heavy atom. The van der Waals surface area contributed by atoms with Gasteiger partial charge in [0.05, 0.1) is 21.7 Å². The van der Waals surface area contributed by atoms with Crippen LogP contribution in [-0.4, -0.2) is 42.0 Å². The van der Waals surface area contributed by atoms with Gasteiger partial charge in [0, 0.05) is 24.0 Å². The summed E-state index contributed by atoms with van der Waals surface area (Å²) in [6, 6.07) is 18.0. The van der Waals surface area contributed by atoms with Gasteiger partial charge in [-0.3, -0.25) is 0 Å². The highest BCUT2D eigenvalue weighted by atomic mass is 32.2. The van der Waals surface area contributed by atoms with Crippen molar-refractivity contribution in [2.45, 2.75) is 31.4 Å². The first-order valence-electron chi connectivity index (χ1n) is 9.79. The van der Waals surface area contributed by atoms with Crippen molar-refractivity contribution in [1.29, 1.82) is 0 Å². The molecular formula is C22H25N3O2S. The molecule has 28 heavy (non-hydrogen) atoms. The molecule has 0 bridgehead atoms. The first kappa shape index (κ1) is 18.9. The van der Waals surface area contributed by atoms with Crippen molar-refractivity contribution >= 4 is 26.7 Å². The van der Waals surface area contributed by atoms with Crippen LogP contribution in [0.25, 0.3) is 22.2 Å². The molecule has 0 N–H and O–H groups in total. The number of nitrogens with zero attached hydrogens (tertiary/aromatic N) is 3. The molecule has 0 spiro atoms. The highest BCUT2D eigenvalue weighted by Gasteiger charge is 2.45. The second-order valence-electron chi connectivity index (χ2n) is 7.39. The van der Waals surface area contributed by atoms with Gasteiger partial charge in [-0.25, -0.2) is 18.4 Å². The minimum absolute atomic E-state index is 0.144. The Hall–Kier alpha value is -2.47. The summed E-state index contributed by atoms with van der Waals surface area (Å²) in [4.78, 5) is 11.7. The molecule has 0 radical (unpaired) electrons. The van der Waals surface area contributed by atoms with Gasteiger partial charge in [-0.05, 0) is 18.9 Å². The third-order valence-electron chi connectivity index (χ3n) is 5.98. The van der Waals surface area contributed by atoms with E-state index < -0.39 is 14.6 Å². The summed E-state index contributed by atoms with van der Waals surface area (Å²) < 4.78 is 24.8. The second kappa shape index (κ2) is 7.17. The van der Waals surface area contributed by atoms with E-state index in [1.807, 2.05) is 73.3 Å². The smallest absolute Gasteiger partial charge is 0.226 e. The maximum Gasteiger partial charge on any atom is 0.226 e. The van der Waals surface area contributed by atoms with Gasteiger partial charge in [-0.2, -0.15) is 0 Å². The van der Waals surface area contributed by atoms with Crippen LogP contribution in [0.5, 0.6) is 0 Å². The average Bonchev–Trinajstić information content (AvgIpc) is 2.73. The predicted octanol–water partition coefficient (Wildman–Crippen LogP) is 4.09. The largest absolute Gasteiger partial charge is 0.338 e. The number of sulfone groups is 1. The van der Waals surface area contributed by atoms with Crippen molar-refractivity contribution in [3.63, 3.8) is 0 Å². The minimum Gasteiger partial charge on any atom is -0.338 e. The quantitative estimate of drug-likeness (QED) is 0.666. The van der Waals surface area contributed by atoms with Gasteiger partial charge in [0.25, 0.3) is 0 Å². The van der Waals surface area contributed by atoms with E-state index in [1.54, 1.807) is 0 Å². The fraction of sp³-hybridized carbons (Fsp3) is 0.364. The van der Waals surface area contributed by atoms with E-state index in [2.05, 4.69) is 0 Å². The Balaban J connectivity index is 1.84. The number of anilines is 1. The zero-order chi connectivity index (χ0) is 19.8. The van der Waals surface area contributed by atoms with Gasteiger partial charge in [-0.15, -0.1) is 0 Å². The molecule has 0 atom stereocenters. The summed E-state index contributed by atoms with van der Waals surface area (Å²) in [5, 5.41) is 0.999. The van der Waals surface area contributed by atoms with Gasteiger partial charge in [0.1, 0.15) is 0 Å². The lowest BCUT2D eigenvalue weighted by atomic mass is 10.0. The van der Waals surface area contributed by atoms with Crippen molar-refractivity contribution in [3.8, 4) is 11.3 Å². The third-order valence-corrected chi connectivity index (χ3v) is 8.72. The molecule has 5 nitrogen and oxygen atoms in total. The summed E-state index contributed by atoms with van der Waals surface area (Å²) in [5.74, 6) is 0.754. The molecule has 1 aliphatic rings. The van der Waals surface area contributed by atoms with Crippen molar-refractivity contribution in [2.75, 3.05) is 23.7 Å². The molecule has 3 aromatic rings. The van der Waals surface area contributed by atoms with Crippen LogP contribution in [0, 0.1) is 0 Å². The van der Waals surface area contributed by atoms with Crippen molar-refractivity contribution in [1.82, 2.24) is 9.97 Å². The summed E-state index contributed by atoms with van der Waals surface area (Å²) in [5.41, 5.74) is 2.79. The molecule has 0 saturated carbocycles. The number of fused-ring (bicyclic) bond motifs is 1. The van der Waals surface area contributed by atoms with Crippen LogP contribution in [0.3, 0.4) is 0 Å². The second-order valence-corrected chi connectivity index (χ2v) is 9.89. The Labute approximate surface area is 166 Å². The molecule has 1 aromatic heterocycles. The molecule has 0 aliphatic carbocycles. The van der Waals surface area contributed by atoms with E-state index >= 15 is 0 Å². The highest BCUT2D eigenvalue weighted by Crippen LogP contribution is 2.34. The number of para-hydroxylation sites is 1. The lowest BCUT2D eigenvalue weighted by Crippen LogP contribution is -2.56. The lowest BCUT2D eigenvalue weighted by Gasteiger charge is -2.41. The number of hydrogen-bond acceptors (Lipinski definition) is 5. The van der Waals surface area contributed by atoms with E-state index in [9.17, 15) is 8.42 Å². The SMILES string of the molecule is CCC1(CC)CN(c2nc(-c3ccccc3)c3ccccc3n2)CCS1(=O)=O. The number of benzene rings is 2. The molecule has 6 heteroatoms. The van der Waals surface area contributed by atoms with E-state index in [0.717, 1.165) is 22.2 Å². The normalized spacial score (nSPS) is 18.3. The van der Waals surface area contributed by atoms with Gasteiger partial charge in [0.15, 0.2) is 9.84 Å². The summed E-state index contributed by atoms with van der Waals surface area (Å²) in [7, 11) is -3.13. The standard InChI is InChI=1S/C22H25N3O2S/c1-3-22(4-2)16-25(14-15-28(22,26)27)21-23-19-13-9-8-12-18(19)20(24-21)17-10-6-5-7-11-17/h5-13H,3-4,14-16H2,1-2H3. The van der Waals surface area contributed by atoms with Crippen molar-refractivity contribution in [3.05, 3.63) is 54.6 Å². The molecule has 0 unspecified atom stereocenters. The maximum atomic E-state index is 12.8. The molecular weight excluding hydrogens is 370 g/mol. The van der Waals surface area contributed by atoms with Crippen LogP contribution in [0.1, 0.15) is 26.7 Å². The fourth-order valence-corrected chi connectivity index (χ4v) is 6.20. The van der Waals surface area contributed by atoms with E-state index in [4.69, 9.17) is 9.97 Å². The van der Waals surface area contributed by atoms with Crippen molar-refractivity contribution < 1.29 is 8.42 Å². The fourth-order valence-electron chi connectivity index (χ4n) is 4.08. The molecule has 1 fully saturated rings. The van der Waals surface area contributed by atoms with Crippen LogP contribution in [0.2, 0.25) is 0 Å². The van der Waals surface area contributed by atoms with E-state index in [-0.39, 0.29) is 5.75 Å². The average molecular weight is 396 g/mol. The molecule has 146 valence electrons. The third kappa shape index (κ3) is 3.05. The summed E-state index contributed by atoms with van der Waals surface area (Å²) >= 11 is 0.